The third-order valence-corrected chi connectivity index (χ3v) is 19.3. The Morgan fingerprint density at radius 1 is 0.395 bits per heavy atom. The molecule has 5 nitrogen and oxygen atoms in total. The van der Waals surface area contributed by atoms with Crippen LogP contribution in [-0.2, 0) is 0 Å². The second kappa shape index (κ2) is 15.5. The number of hydrogen-bond acceptors (Lipinski definition) is 5. The summed E-state index contributed by atoms with van der Waals surface area (Å²) in [6.45, 7) is 9.64. The van der Waals surface area contributed by atoms with Gasteiger partial charge in [-0.05, 0) is 41.5 Å². The lowest BCUT2D eigenvalue weighted by molar-refractivity contribution is 0.669. The summed E-state index contributed by atoms with van der Waals surface area (Å²) in [5, 5.41) is 25.8. The van der Waals surface area contributed by atoms with E-state index < -0.39 is 0 Å². The van der Waals surface area contributed by atoms with E-state index in [0.717, 1.165) is 118 Å². The van der Waals surface area contributed by atoms with Gasteiger partial charge in [0.05, 0.1) is 59.7 Å². The molecule has 0 N–H and O–H groups in total. The molecule has 11 aromatic carbocycles. The average Bonchev–Trinajstić information content (AvgIpc) is 4.43. The molecule has 350 valence electrons. The lowest BCUT2D eigenvalue weighted by Crippen LogP contribution is -2.09. The fraction of sp³-hybridized carbons (Fsp3) is 0. The number of furan rings is 1. The van der Waals surface area contributed by atoms with Crippen molar-refractivity contribution in [3.8, 4) is 39.7 Å². The summed E-state index contributed by atoms with van der Waals surface area (Å²) in [6.07, 6.45) is 0. The largest absolute Gasteiger partial charge is 0.456 e. The molecule has 6 heterocycles. The maximum Gasteiger partial charge on any atom is 0.220 e. The molecule has 17 aromatic rings. The number of aromatic nitrogens is 2. The zero-order chi connectivity index (χ0) is 49.9. The maximum absolute atomic E-state index is 12.3. The number of fused-ring (bicyclic) bond motifs is 21. The number of benzene rings is 11. The molecule has 6 aromatic heterocycles. The molecule has 0 fully saturated rings. The van der Waals surface area contributed by atoms with Crippen LogP contribution in [0.3, 0.4) is 0 Å². The van der Waals surface area contributed by atoms with Crippen molar-refractivity contribution >= 4 is 166 Å². The highest BCUT2D eigenvalue weighted by Crippen LogP contribution is 2.56. The Morgan fingerprint density at radius 2 is 0.842 bits per heavy atom. The number of nitrogens with zero attached hydrogens (tertiary/aromatic N) is 4. The fourth-order valence-electron chi connectivity index (χ4n) is 12.6. The molecule has 0 atom stereocenters. The molecule has 0 aliphatic carbocycles. The first-order valence-corrected chi connectivity index (χ1v) is 27.6. The van der Waals surface area contributed by atoms with Crippen LogP contribution in [0.5, 0.6) is 0 Å². The number of rotatable bonds is 4. The normalized spacial score (nSPS) is 12.2. The van der Waals surface area contributed by atoms with Crippen molar-refractivity contribution in [1.29, 1.82) is 5.26 Å². The summed E-state index contributed by atoms with van der Waals surface area (Å²) in [7, 11) is 0. The minimum Gasteiger partial charge on any atom is -0.456 e. The molecule has 0 bridgehead atoms. The predicted molar refractivity (Wildman–Crippen MR) is 323 cm³/mol. The first-order chi connectivity index (χ1) is 37.6. The van der Waals surface area contributed by atoms with Gasteiger partial charge in [-0.25, -0.2) is 4.85 Å². The van der Waals surface area contributed by atoms with Gasteiger partial charge < -0.3 is 13.6 Å². The lowest BCUT2D eigenvalue weighted by atomic mass is 9.88. The summed E-state index contributed by atoms with van der Waals surface area (Å²) < 4.78 is 18.6. The van der Waals surface area contributed by atoms with E-state index in [2.05, 4.69) is 185 Å². The van der Waals surface area contributed by atoms with Gasteiger partial charge in [-0.1, -0.05) is 170 Å². The Morgan fingerprint density at radius 3 is 1.37 bits per heavy atom. The highest BCUT2D eigenvalue weighted by Gasteiger charge is 2.34. The summed E-state index contributed by atoms with van der Waals surface area (Å²) in [4.78, 5) is 4.71. The van der Waals surface area contributed by atoms with Gasteiger partial charge in [0.1, 0.15) is 17.2 Å². The van der Waals surface area contributed by atoms with Crippen molar-refractivity contribution in [3.05, 3.63) is 223 Å². The highest BCUT2D eigenvalue weighted by molar-refractivity contribution is 7.27. The van der Waals surface area contributed by atoms with Crippen LogP contribution in [0.1, 0.15) is 5.56 Å². The minimum atomic E-state index is 0.410. The van der Waals surface area contributed by atoms with Gasteiger partial charge in [-0.15, -0.1) is 34.0 Å². The first-order valence-electron chi connectivity index (χ1n) is 25.2. The van der Waals surface area contributed by atoms with Crippen molar-refractivity contribution in [2.24, 2.45) is 0 Å². The third kappa shape index (κ3) is 5.49. The predicted octanol–water partition coefficient (Wildman–Crippen LogP) is 20.6. The Bertz CT molecular complexity index is 5370. The standard InChI is InChI=1S/C68H34N4OS3/c1-70-60-58(37-16-4-2-5-17-37)51(36-69)61(71-52-35-54-50(39-20-8-12-24-53(39)73-54)34-49(52)45-30-33-46-40-21-9-13-25-55(40)74-66(46)62(45)71)59(38-18-6-3-7-19-38)65(60)72-63-43(28-31-47-41-22-10-14-26-56(41)75-67(47)63)44-29-32-48-42-23-11-15-27-57(42)76-68(48)64(44)72/h2-35H. The molecule has 0 unspecified atom stereocenters. The second-order valence-electron chi connectivity index (χ2n) is 19.6. The van der Waals surface area contributed by atoms with Crippen molar-refractivity contribution < 1.29 is 4.42 Å². The number of hydrogen-bond donors (Lipinski definition) is 0. The first kappa shape index (κ1) is 41.9. The average molecular weight is 1020 g/mol. The van der Waals surface area contributed by atoms with E-state index in [9.17, 15) is 11.8 Å². The van der Waals surface area contributed by atoms with Crippen molar-refractivity contribution in [2.45, 2.75) is 0 Å². The monoisotopic (exact) mass is 1020 g/mol. The van der Waals surface area contributed by atoms with Crippen molar-refractivity contribution in [2.75, 3.05) is 0 Å². The molecular formula is C68H34N4OS3. The second-order valence-corrected chi connectivity index (χ2v) is 22.7. The van der Waals surface area contributed by atoms with Crippen LogP contribution < -0.4 is 0 Å². The van der Waals surface area contributed by atoms with Gasteiger partial charge in [0.25, 0.3) is 0 Å². The molecule has 0 spiro atoms. The fourth-order valence-corrected chi connectivity index (χ4v) is 16.3. The Balaban J connectivity index is 1.18. The quantitative estimate of drug-likeness (QED) is 0.165. The SMILES string of the molecule is [C-]#[N+]c1c(-c2ccccc2)c(C#N)c(-n2c3cc4oc5ccccc5c4cc3c3ccc4c5ccccc5sc4c32)c(-c2ccccc2)c1-n1c2c(ccc3c4ccccc4sc32)c2ccc3c4ccccc4sc3c21. The Hall–Kier alpha value is -9.54. The van der Waals surface area contributed by atoms with Gasteiger partial charge >= 0.3 is 0 Å². The summed E-state index contributed by atoms with van der Waals surface area (Å²) >= 11 is 5.38. The third-order valence-electron chi connectivity index (χ3n) is 15.8. The minimum absolute atomic E-state index is 0.410. The van der Waals surface area contributed by atoms with Crippen LogP contribution in [0.15, 0.2) is 211 Å². The van der Waals surface area contributed by atoms with E-state index >= 15 is 0 Å². The Labute approximate surface area is 444 Å². The molecule has 76 heavy (non-hydrogen) atoms. The summed E-state index contributed by atoms with van der Waals surface area (Å²) in [6, 6.07) is 75.9. The molecule has 0 amide bonds. The van der Waals surface area contributed by atoms with Crippen LogP contribution >= 0.6 is 34.0 Å². The molecule has 17 rings (SSSR count). The molecule has 0 aliphatic heterocycles. The number of nitriles is 1. The lowest BCUT2D eigenvalue weighted by Gasteiger charge is -2.26. The van der Waals surface area contributed by atoms with E-state index in [1.54, 1.807) is 34.0 Å². The van der Waals surface area contributed by atoms with Crippen LogP contribution in [0.2, 0.25) is 0 Å². The molecule has 0 saturated carbocycles. The zero-order valence-electron chi connectivity index (χ0n) is 40.1. The maximum atomic E-state index is 12.3. The van der Waals surface area contributed by atoms with Crippen molar-refractivity contribution in [1.82, 2.24) is 9.13 Å². The molecule has 8 heteroatoms. The highest BCUT2D eigenvalue weighted by atomic mass is 32.1. The van der Waals surface area contributed by atoms with Gasteiger partial charge in [0.15, 0.2) is 0 Å². The molecule has 0 radical (unpaired) electrons. The van der Waals surface area contributed by atoms with Gasteiger partial charge in [0, 0.05) is 95.9 Å². The summed E-state index contributed by atoms with van der Waals surface area (Å²) in [5.41, 5.74) is 10.9. The smallest absolute Gasteiger partial charge is 0.220 e. The van der Waals surface area contributed by atoms with Crippen molar-refractivity contribution in [3.63, 3.8) is 0 Å². The topological polar surface area (TPSA) is 51.1 Å². The van der Waals surface area contributed by atoms with Gasteiger partial charge in [-0.3, -0.25) is 0 Å². The van der Waals surface area contributed by atoms with Crippen LogP contribution in [0.4, 0.5) is 5.69 Å². The van der Waals surface area contributed by atoms with Crippen LogP contribution in [-0.4, -0.2) is 9.13 Å². The van der Waals surface area contributed by atoms with E-state index in [4.69, 9.17) is 9.26 Å². The Kier molecular flexibility index (Phi) is 8.54. The molecule has 0 saturated heterocycles. The van der Waals surface area contributed by atoms with Gasteiger partial charge in [0.2, 0.25) is 5.69 Å². The van der Waals surface area contributed by atoms with Crippen LogP contribution in [0, 0.1) is 17.9 Å². The number of para-hydroxylation sites is 1. The van der Waals surface area contributed by atoms with E-state index in [1.807, 2.05) is 36.4 Å². The van der Waals surface area contributed by atoms with Gasteiger partial charge in [-0.2, -0.15) is 5.26 Å². The molecule has 0 aliphatic rings. The number of thiophene rings is 3. The van der Waals surface area contributed by atoms with Crippen LogP contribution in [0.25, 0.3) is 165 Å². The summed E-state index contributed by atoms with van der Waals surface area (Å²) in [5.74, 6) is 0. The zero-order valence-corrected chi connectivity index (χ0v) is 42.5. The van der Waals surface area contributed by atoms with E-state index in [-0.39, 0.29) is 0 Å². The molecular weight excluding hydrogens is 985 g/mol. The van der Waals surface area contributed by atoms with E-state index in [1.165, 1.54) is 30.3 Å². The van der Waals surface area contributed by atoms with E-state index in [0.29, 0.717) is 22.5 Å².